The van der Waals surface area contributed by atoms with Gasteiger partial charge in [-0.15, -0.1) is 0 Å². The molecule has 0 spiro atoms. The standard InChI is InChI=1S/C16H15FO3S/c17-13-8-11(10-18)2-5-16(13)21-12-3-4-14-15(9-12)20-7-1-6-19-14/h2-5,8-9,18H,1,6-7,10H2. The molecule has 5 heteroatoms. The molecule has 110 valence electrons. The van der Waals surface area contributed by atoms with Crippen LogP contribution in [0, 0.1) is 5.82 Å². The Kier molecular flexibility index (Phi) is 4.31. The van der Waals surface area contributed by atoms with Gasteiger partial charge in [-0.2, -0.15) is 0 Å². The summed E-state index contributed by atoms with van der Waals surface area (Å²) >= 11 is 1.32. The van der Waals surface area contributed by atoms with Crippen LogP contribution in [0.2, 0.25) is 0 Å². The van der Waals surface area contributed by atoms with E-state index in [0.717, 1.165) is 17.1 Å². The molecule has 0 aliphatic carbocycles. The van der Waals surface area contributed by atoms with E-state index in [1.807, 2.05) is 18.2 Å². The first-order valence-electron chi connectivity index (χ1n) is 6.73. The summed E-state index contributed by atoms with van der Waals surface area (Å²) in [6.45, 7) is 1.11. The molecule has 0 saturated carbocycles. The Morgan fingerprint density at radius 3 is 2.62 bits per heavy atom. The van der Waals surface area contributed by atoms with E-state index in [-0.39, 0.29) is 12.4 Å². The van der Waals surface area contributed by atoms with Crippen LogP contribution in [0.4, 0.5) is 4.39 Å². The molecule has 0 atom stereocenters. The molecule has 21 heavy (non-hydrogen) atoms. The van der Waals surface area contributed by atoms with Crippen molar-refractivity contribution in [2.24, 2.45) is 0 Å². The van der Waals surface area contributed by atoms with Crippen molar-refractivity contribution in [3.8, 4) is 11.5 Å². The van der Waals surface area contributed by atoms with E-state index >= 15 is 0 Å². The summed E-state index contributed by atoms with van der Waals surface area (Å²) in [5, 5.41) is 9.00. The highest BCUT2D eigenvalue weighted by Gasteiger charge is 2.12. The highest BCUT2D eigenvalue weighted by molar-refractivity contribution is 7.99. The molecule has 1 heterocycles. The fraction of sp³-hybridized carbons (Fsp3) is 0.250. The van der Waals surface area contributed by atoms with Gasteiger partial charge in [0.15, 0.2) is 11.5 Å². The molecule has 0 radical (unpaired) electrons. The molecule has 2 aromatic rings. The zero-order valence-electron chi connectivity index (χ0n) is 11.3. The summed E-state index contributed by atoms with van der Waals surface area (Å²) in [7, 11) is 0. The van der Waals surface area contributed by atoms with Gasteiger partial charge in [-0.3, -0.25) is 0 Å². The number of hydrogen-bond donors (Lipinski definition) is 1. The van der Waals surface area contributed by atoms with Gasteiger partial charge < -0.3 is 14.6 Å². The fourth-order valence-electron chi connectivity index (χ4n) is 2.06. The third-order valence-corrected chi connectivity index (χ3v) is 4.17. The van der Waals surface area contributed by atoms with Crippen molar-refractivity contribution >= 4 is 11.8 Å². The summed E-state index contributed by atoms with van der Waals surface area (Å²) in [4.78, 5) is 1.40. The Morgan fingerprint density at radius 2 is 1.86 bits per heavy atom. The van der Waals surface area contributed by atoms with Gasteiger partial charge in [-0.25, -0.2) is 4.39 Å². The molecule has 1 aliphatic rings. The van der Waals surface area contributed by atoms with Crippen molar-refractivity contribution in [2.75, 3.05) is 13.2 Å². The SMILES string of the molecule is OCc1ccc(Sc2ccc3c(c2)OCCCO3)c(F)c1. The lowest BCUT2D eigenvalue weighted by molar-refractivity contribution is 0.281. The maximum absolute atomic E-state index is 13.9. The topological polar surface area (TPSA) is 38.7 Å². The first-order valence-corrected chi connectivity index (χ1v) is 7.55. The minimum atomic E-state index is -0.335. The number of aliphatic hydroxyl groups excluding tert-OH is 1. The summed E-state index contributed by atoms with van der Waals surface area (Å²) < 4.78 is 25.1. The average Bonchev–Trinajstić information content (AvgIpc) is 2.74. The van der Waals surface area contributed by atoms with Crippen molar-refractivity contribution in [3.05, 3.63) is 47.8 Å². The lowest BCUT2D eigenvalue weighted by atomic mass is 10.2. The Balaban J connectivity index is 1.83. The smallest absolute Gasteiger partial charge is 0.162 e. The second-order valence-corrected chi connectivity index (χ2v) is 5.80. The molecule has 0 aromatic heterocycles. The van der Waals surface area contributed by atoms with Gasteiger partial charge in [-0.1, -0.05) is 17.8 Å². The predicted octanol–water partition coefficient (Wildman–Crippen LogP) is 3.63. The second-order valence-electron chi connectivity index (χ2n) is 4.68. The first kappa shape index (κ1) is 14.2. The van der Waals surface area contributed by atoms with Crippen molar-refractivity contribution in [1.29, 1.82) is 0 Å². The van der Waals surface area contributed by atoms with E-state index in [1.54, 1.807) is 12.1 Å². The highest BCUT2D eigenvalue weighted by atomic mass is 32.2. The molecule has 0 amide bonds. The molecule has 2 aromatic carbocycles. The van der Waals surface area contributed by atoms with E-state index in [4.69, 9.17) is 14.6 Å². The summed E-state index contributed by atoms with van der Waals surface area (Å²) in [5.74, 6) is 1.09. The second kappa shape index (κ2) is 6.37. The number of benzene rings is 2. The first-order chi connectivity index (χ1) is 10.3. The zero-order valence-corrected chi connectivity index (χ0v) is 12.2. The maximum Gasteiger partial charge on any atom is 0.162 e. The third-order valence-electron chi connectivity index (χ3n) is 3.13. The Hall–Kier alpha value is -1.72. The molecular formula is C16H15FO3S. The van der Waals surface area contributed by atoms with Gasteiger partial charge in [0.1, 0.15) is 5.82 Å². The van der Waals surface area contributed by atoms with Crippen molar-refractivity contribution in [2.45, 2.75) is 22.8 Å². The van der Waals surface area contributed by atoms with Gasteiger partial charge in [0.05, 0.1) is 19.8 Å². The van der Waals surface area contributed by atoms with Crippen LogP contribution in [0.25, 0.3) is 0 Å². The molecule has 0 fully saturated rings. The normalized spacial score (nSPS) is 13.8. The third kappa shape index (κ3) is 3.31. The van der Waals surface area contributed by atoms with Crippen LogP contribution in [0.5, 0.6) is 11.5 Å². The number of halogens is 1. The van der Waals surface area contributed by atoms with Crippen LogP contribution in [0.3, 0.4) is 0 Å². The Morgan fingerprint density at radius 1 is 1.05 bits per heavy atom. The van der Waals surface area contributed by atoms with E-state index < -0.39 is 0 Å². The van der Waals surface area contributed by atoms with E-state index in [9.17, 15) is 4.39 Å². The van der Waals surface area contributed by atoms with Crippen molar-refractivity contribution in [3.63, 3.8) is 0 Å². The Bertz CT molecular complexity index is 645. The minimum absolute atomic E-state index is 0.161. The number of aliphatic hydroxyl groups is 1. The molecule has 3 rings (SSSR count). The molecule has 0 bridgehead atoms. The van der Waals surface area contributed by atoms with Gasteiger partial charge >= 0.3 is 0 Å². The van der Waals surface area contributed by atoms with Crippen molar-refractivity contribution in [1.82, 2.24) is 0 Å². The zero-order chi connectivity index (χ0) is 14.7. The lowest BCUT2D eigenvalue weighted by Crippen LogP contribution is -1.97. The van der Waals surface area contributed by atoms with Crippen LogP contribution < -0.4 is 9.47 Å². The van der Waals surface area contributed by atoms with Gasteiger partial charge in [0.25, 0.3) is 0 Å². The van der Waals surface area contributed by atoms with Gasteiger partial charge in [0, 0.05) is 16.2 Å². The van der Waals surface area contributed by atoms with Crippen LogP contribution in [0.1, 0.15) is 12.0 Å². The van der Waals surface area contributed by atoms with E-state index in [0.29, 0.717) is 29.4 Å². The van der Waals surface area contributed by atoms with Crippen molar-refractivity contribution < 1.29 is 19.0 Å². The van der Waals surface area contributed by atoms with Crippen LogP contribution in [-0.4, -0.2) is 18.3 Å². The quantitative estimate of drug-likeness (QED) is 0.940. The summed E-state index contributed by atoms with van der Waals surface area (Å²) in [6, 6.07) is 10.3. The predicted molar refractivity (Wildman–Crippen MR) is 78.5 cm³/mol. The monoisotopic (exact) mass is 306 g/mol. The summed E-state index contributed by atoms with van der Waals surface area (Å²) in [6.07, 6.45) is 0.856. The molecule has 1 N–H and O–H groups in total. The summed E-state index contributed by atoms with van der Waals surface area (Å²) in [5.41, 5.74) is 0.565. The largest absolute Gasteiger partial charge is 0.490 e. The number of fused-ring (bicyclic) bond motifs is 1. The maximum atomic E-state index is 13.9. The van der Waals surface area contributed by atoms with Crippen LogP contribution in [-0.2, 0) is 6.61 Å². The molecule has 0 saturated heterocycles. The average molecular weight is 306 g/mol. The van der Waals surface area contributed by atoms with Crippen LogP contribution >= 0.6 is 11.8 Å². The molecule has 3 nitrogen and oxygen atoms in total. The van der Waals surface area contributed by atoms with Gasteiger partial charge in [0.2, 0.25) is 0 Å². The molecule has 0 unspecified atom stereocenters. The number of rotatable bonds is 3. The molecular weight excluding hydrogens is 291 g/mol. The number of ether oxygens (including phenoxy) is 2. The highest BCUT2D eigenvalue weighted by Crippen LogP contribution is 2.37. The van der Waals surface area contributed by atoms with Crippen LogP contribution in [0.15, 0.2) is 46.2 Å². The Labute approximate surface area is 126 Å². The lowest BCUT2D eigenvalue weighted by Gasteiger charge is -2.10. The van der Waals surface area contributed by atoms with E-state index in [2.05, 4.69) is 0 Å². The number of hydrogen-bond acceptors (Lipinski definition) is 4. The van der Waals surface area contributed by atoms with Gasteiger partial charge in [-0.05, 0) is 35.9 Å². The fourth-order valence-corrected chi connectivity index (χ4v) is 2.91. The molecule has 1 aliphatic heterocycles. The van der Waals surface area contributed by atoms with E-state index in [1.165, 1.54) is 17.8 Å². The minimum Gasteiger partial charge on any atom is -0.490 e.